The van der Waals surface area contributed by atoms with E-state index in [1.54, 1.807) is 12.1 Å². The molecule has 92 valence electrons. The molecule has 0 bridgehead atoms. The molecule has 1 aromatic carbocycles. The molecule has 1 unspecified atom stereocenters. The van der Waals surface area contributed by atoms with Crippen LogP contribution in [0.3, 0.4) is 0 Å². The van der Waals surface area contributed by atoms with Crippen molar-refractivity contribution in [3.8, 4) is 0 Å². The Morgan fingerprint density at radius 1 is 1.47 bits per heavy atom. The topological polar surface area (TPSA) is 38.7 Å². The summed E-state index contributed by atoms with van der Waals surface area (Å²) in [4.78, 5) is 0. The Labute approximate surface area is 101 Å². The zero-order valence-electron chi connectivity index (χ0n) is 10.2. The number of hydrogen-bond acceptors (Lipinski definition) is 3. The van der Waals surface area contributed by atoms with E-state index in [4.69, 9.17) is 14.4 Å². The Balaban J connectivity index is 2.25. The zero-order valence-corrected chi connectivity index (χ0v) is 10.2. The lowest BCUT2D eigenvalue weighted by Crippen LogP contribution is -2.36. The van der Waals surface area contributed by atoms with Gasteiger partial charge in [-0.05, 0) is 32.4 Å². The Kier molecular flexibility index (Phi) is 3.25. The van der Waals surface area contributed by atoms with Crippen molar-refractivity contribution in [2.45, 2.75) is 39.1 Å². The van der Waals surface area contributed by atoms with E-state index in [-0.39, 0.29) is 12.7 Å². The van der Waals surface area contributed by atoms with Crippen LogP contribution in [0.2, 0.25) is 0 Å². The monoisotopic (exact) mass is 238 g/mol. The summed E-state index contributed by atoms with van der Waals surface area (Å²) in [5, 5.41) is 8.91. The van der Waals surface area contributed by atoms with Crippen LogP contribution in [-0.2, 0) is 15.9 Å². The molecule has 1 heterocycles. The summed E-state index contributed by atoms with van der Waals surface area (Å²) in [6.45, 7) is 5.56. The van der Waals surface area contributed by atoms with E-state index in [0.717, 1.165) is 0 Å². The van der Waals surface area contributed by atoms with E-state index in [0.29, 0.717) is 11.0 Å². The fraction of sp³-hybridized carbons (Fsp3) is 0.500. The second-order valence-electron chi connectivity index (χ2n) is 4.85. The second-order valence-corrected chi connectivity index (χ2v) is 4.85. The molecule has 0 amide bonds. The van der Waals surface area contributed by atoms with Gasteiger partial charge in [0.2, 0.25) is 0 Å². The van der Waals surface area contributed by atoms with Crippen molar-refractivity contribution in [3.63, 3.8) is 0 Å². The van der Waals surface area contributed by atoms with E-state index in [1.165, 1.54) is 6.07 Å². The Hall–Kier alpha value is -0.905. The van der Waals surface area contributed by atoms with Gasteiger partial charge in [0.05, 0.1) is 18.3 Å². The highest BCUT2D eigenvalue weighted by molar-refractivity contribution is 6.62. The molecule has 2 rings (SSSR count). The first-order valence-electron chi connectivity index (χ1n) is 5.66. The zero-order chi connectivity index (χ0) is 12.6. The number of rotatable bonds is 2. The SMILES string of the molecule is CC1OB(c2ccc(CO)cc2F)OC1(C)C. The van der Waals surface area contributed by atoms with Gasteiger partial charge in [0.1, 0.15) is 5.82 Å². The fourth-order valence-electron chi connectivity index (χ4n) is 1.75. The van der Waals surface area contributed by atoms with Gasteiger partial charge in [-0.3, -0.25) is 0 Å². The summed E-state index contributed by atoms with van der Waals surface area (Å²) in [6.07, 6.45) is -0.0931. The van der Waals surface area contributed by atoms with Crippen molar-refractivity contribution in [1.29, 1.82) is 0 Å². The summed E-state index contributed by atoms with van der Waals surface area (Å²) in [6, 6.07) is 4.57. The van der Waals surface area contributed by atoms with Gasteiger partial charge in [-0.15, -0.1) is 0 Å². The standard InChI is InChI=1S/C12H16BFO3/c1-8-12(2,3)17-13(16-8)10-5-4-9(7-15)6-11(10)14/h4-6,8,15H,7H2,1-3H3. The first-order chi connectivity index (χ1) is 7.94. The highest BCUT2D eigenvalue weighted by atomic mass is 19.1. The number of aliphatic hydroxyl groups excluding tert-OH is 1. The fourth-order valence-corrected chi connectivity index (χ4v) is 1.75. The molecule has 0 spiro atoms. The Morgan fingerprint density at radius 3 is 2.65 bits per heavy atom. The van der Waals surface area contributed by atoms with Crippen LogP contribution in [0.5, 0.6) is 0 Å². The summed E-state index contributed by atoms with van der Waals surface area (Å²) in [5.74, 6) is -0.411. The lowest BCUT2D eigenvalue weighted by Gasteiger charge is -2.21. The third kappa shape index (κ3) is 2.36. The Bertz CT molecular complexity index is 422. The molecule has 1 aliphatic rings. The molecule has 0 aromatic heterocycles. The first-order valence-corrected chi connectivity index (χ1v) is 5.66. The number of halogens is 1. The molecule has 1 fully saturated rings. The minimum absolute atomic E-state index is 0.0931. The van der Waals surface area contributed by atoms with Gasteiger partial charge in [-0.25, -0.2) is 4.39 Å². The molecular formula is C12H16BFO3. The van der Waals surface area contributed by atoms with E-state index >= 15 is 0 Å². The van der Waals surface area contributed by atoms with Crippen molar-refractivity contribution >= 4 is 12.6 Å². The molecule has 1 aromatic rings. The normalized spacial score (nSPS) is 23.1. The summed E-state index contributed by atoms with van der Waals surface area (Å²) >= 11 is 0. The number of aliphatic hydroxyl groups is 1. The minimum Gasteiger partial charge on any atom is -0.402 e. The van der Waals surface area contributed by atoms with Crippen LogP contribution in [0.15, 0.2) is 18.2 Å². The smallest absolute Gasteiger partial charge is 0.402 e. The van der Waals surface area contributed by atoms with Crippen molar-refractivity contribution < 1.29 is 18.8 Å². The minimum atomic E-state index is -0.673. The molecule has 5 heteroatoms. The maximum absolute atomic E-state index is 13.8. The van der Waals surface area contributed by atoms with Gasteiger partial charge >= 0.3 is 7.12 Å². The predicted molar refractivity (Wildman–Crippen MR) is 63.4 cm³/mol. The van der Waals surface area contributed by atoms with Crippen LogP contribution in [0.4, 0.5) is 4.39 Å². The Morgan fingerprint density at radius 2 is 2.18 bits per heavy atom. The van der Waals surface area contributed by atoms with Gasteiger partial charge in [-0.2, -0.15) is 0 Å². The number of hydrogen-bond donors (Lipinski definition) is 1. The second kappa shape index (κ2) is 4.40. The van der Waals surface area contributed by atoms with Crippen molar-refractivity contribution in [1.82, 2.24) is 0 Å². The largest absolute Gasteiger partial charge is 0.497 e. The highest BCUT2D eigenvalue weighted by Crippen LogP contribution is 2.27. The molecule has 1 N–H and O–H groups in total. The lowest BCUT2D eigenvalue weighted by molar-refractivity contribution is 0.0842. The summed E-state index contributed by atoms with van der Waals surface area (Å²) < 4.78 is 25.1. The molecule has 1 aliphatic heterocycles. The molecule has 0 radical (unpaired) electrons. The molecule has 1 atom stereocenters. The van der Waals surface area contributed by atoms with Gasteiger partial charge in [0, 0.05) is 5.46 Å². The van der Waals surface area contributed by atoms with E-state index in [9.17, 15) is 4.39 Å². The first kappa shape index (κ1) is 12.5. The third-order valence-electron chi connectivity index (χ3n) is 3.22. The average Bonchev–Trinajstić information content (AvgIpc) is 2.53. The van der Waals surface area contributed by atoms with E-state index in [1.807, 2.05) is 20.8 Å². The molecule has 0 saturated carbocycles. The maximum atomic E-state index is 13.8. The van der Waals surface area contributed by atoms with Gasteiger partial charge in [0.25, 0.3) is 0 Å². The van der Waals surface area contributed by atoms with Crippen LogP contribution in [0.25, 0.3) is 0 Å². The summed E-state index contributed by atoms with van der Waals surface area (Å²) in [5.41, 5.74) is 0.489. The highest BCUT2D eigenvalue weighted by Gasteiger charge is 2.44. The van der Waals surface area contributed by atoms with Crippen LogP contribution in [0.1, 0.15) is 26.3 Å². The maximum Gasteiger partial charge on any atom is 0.497 e. The van der Waals surface area contributed by atoms with Crippen LogP contribution >= 0.6 is 0 Å². The van der Waals surface area contributed by atoms with Crippen LogP contribution in [-0.4, -0.2) is 23.9 Å². The molecule has 1 saturated heterocycles. The molecular weight excluding hydrogens is 222 g/mol. The summed E-state index contributed by atoms with van der Waals surface area (Å²) in [7, 11) is -0.673. The average molecular weight is 238 g/mol. The molecule has 17 heavy (non-hydrogen) atoms. The third-order valence-corrected chi connectivity index (χ3v) is 3.22. The van der Waals surface area contributed by atoms with Gasteiger partial charge in [-0.1, -0.05) is 12.1 Å². The molecule has 3 nitrogen and oxygen atoms in total. The van der Waals surface area contributed by atoms with Crippen molar-refractivity contribution in [2.24, 2.45) is 0 Å². The van der Waals surface area contributed by atoms with E-state index < -0.39 is 18.5 Å². The number of benzene rings is 1. The quantitative estimate of drug-likeness (QED) is 0.787. The molecule has 0 aliphatic carbocycles. The van der Waals surface area contributed by atoms with E-state index in [2.05, 4.69) is 0 Å². The lowest BCUT2D eigenvalue weighted by atomic mass is 9.78. The predicted octanol–water partition coefficient (Wildman–Crippen LogP) is 1.23. The van der Waals surface area contributed by atoms with Crippen molar-refractivity contribution in [3.05, 3.63) is 29.6 Å². The van der Waals surface area contributed by atoms with Gasteiger partial charge < -0.3 is 14.4 Å². The van der Waals surface area contributed by atoms with Crippen molar-refractivity contribution in [2.75, 3.05) is 0 Å². The van der Waals surface area contributed by atoms with Crippen LogP contribution < -0.4 is 5.46 Å². The van der Waals surface area contributed by atoms with Gasteiger partial charge in [0.15, 0.2) is 0 Å². The van der Waals surface area contributed by atoms with Crippen LogP contribution in [0, 0.1) is 5.82 Å².